The van der Waals surface area contributed by atoms with Crippen LogP contribution in [0.25, 0.3) is 22.2 Å². The summed E-state index contributed by atoms with van der Waals surface area (Å²) >= 11 is 0. The van der Waals surface area contributed by atoms with Crippen molar-refractivity contribution in [2.24, 2.45) is 0 Å². The average molecular weight is 376 g/mol. The van der Waals surface area contributed by atoms with Crippen LogP contribution in [0.5, 0.6) is 0 Å². The lowest BCUT2D eigenvalue weighted by molar-refractivity contribution is 0.0795. The molecule has 4 aromatic rings. The van der Waals surface area contributed by atoms with Gasteiger partial charge in [0.2, 0.25) is 0 Å². The summed E-state index contributed by atoms with van der Waals surface area (Å²) in [6.07, 6.45) is 3.26. The first-order chi connectivity index (χ1) is 13.6. The van der Waals surface area contributed by atoms with E-state index in [0.29, 0.717) is 17.6 Å². The van der Waals surface area contributed by atoms with Crippen LogP contribution in [0.15, 0.2) is 60.8 Å². The third-order valence-corrected chi connectivity index (χ3v) is 4.86. The Morgan fingerprint density at radius 2 is 1.96 bits per heavy atom. The molecule has 2 aromatic carbocycles. The maximum Gasteiger partial charge on any atom is 0.255 e. The number of fused-ring (bicyclic) bond motifs is 1. The zero-order valence-corrected chi connectivity index (χ0v) is 15.6. The Morgan fingerprint density at radius 3 is 2.79 bits per heavy atom. The van der Waals surface area contributed by atoms with Crippen molar-refractivity contribution in [1.29, 1.82) is 0 Å². The van der Waals surface area contributed by atoms with Gasteiger partial charge in [0.15, 0.2) is 0 Å². The molecule has 28 heavy (non-hydrogen) atoms. The van der Waals surface area contributed by atoms with Crippen molar-refractivity contribution in [2.45, 2.75) is 12.8 Å². The minimum Gasteiger partial charge on any atom is -0.360 e. The van der Waals surface area contributed by atoms with Gasteiger partial charge in [-0.3, -0.25) is 9.89 Å². The third kappa shape index (κ3) is 3.67. The maximum absolute atomic E-state index is 13.3. The van der Waals surface area contributed by atoms with E-state index in [-0.39, 0.29) is 11.7 Å². The smallest absolute Gasteiger partial charge is 0.255 e. The van der Waals surface area contributed by atoms with Gasteiger partial charge in [-0.25, -0.2) is 4.39 Å². The number of carbonyl (C=O) groups excluding carboxylic acids is 1. The summed E-state index contributed by atoms with van der Waals surface area (Å²) in [5.74, 6) is -0.399. The van der Waals surface area contributed by atoms with Gasteiger partial charge < -0.3 is 9.88 Å². The van der Waals surface area contributed by atoms with Gasteiger partial charge >= 0.3 is 0 Å². The van der Waals surface area contributed by atoms with Crippen molar-refractivity contribution < 1.29 is 9.18 Å². The lowest BCUT2D eigenvalue weighted by atomic mass is 10.1. The third-order valence-electron chi connectivity index (χ3n) is 4.86. The Morgan fingerprint density at radius 1 is 1.14 bits per heavy atom. The first-order valence-corrected chi connectivity index (χ1v) is 9.23. The van der Waals surface area contributed by atoms with Crippen LogP contribution >= 0.6 is 0 Å². The molecule has 2 heterocycles. The molecule has 2 N–H and O–H groups in total. The highest BCUT2D eigenvalue weighted by Gasteiger charge is 2.16. The average Bonchev–Trinajstić information content (AvgIpc) is 3.35. The standard InChI is InChI=1S/C22H21FN4O/c1-27(22(28)19-14-24-21-12-16(23)9-10-18(19)21)11-5-8-17-13-20(26-25-17)15-6-3-2-4-7-15/h2-4,6-7,9-10,12-14,24H,5,8,11H2,1H3,(H,25,26). The molecule has 0 aliphatic rings. The monoisotopic (exact) mass is 376 g/mol. The lowest BCUT2D eigenvalue weighted by Gasteiger charge is -2.16. The largest absolute Gasteiger partial charge is 0.360 e. The topological polar surface area (TPSA) is 64.8 Å². The molecular formula is C22H21FN4O. The Balaban J connectivity index is 1.36. The molecule has 0 aliphatic heterocycles. The van der Waals surface area contributed by atoms with E-state index in [2.05, 4.69) is 15.2 Å². The van der Waals surface area contributed by atoms with E-state index in [4.69, 9.17) is 0 Å². The minimum atomic E-state index is -0.323. The fraction of sp³-hybridized carbons (Fsp3) is 0.182. The normalized spacial score (nSPS) is 11.1. The molecule has 0 fully saturated rings. The molecule has 4 rings (SSSR count). The number of hydrogen-bond acceptors (Lipinski definition) is 2. The van der Waals surface area contributed by atoms with Crippen molar-refractivity contribution in [3.63, 3.8) is 0 Å². The highest BCUT2D eigenvalue weighted by Crippen LogP contribution is 2.21. The van der Waals surface area contributed by atoms with Gasteiger partial charge in [0.1, 0.15) is 5.82 Å². The van der Waals surface area contributed by atoms with Gasteiger partial charge in [0.05, 0.1) is 11.3 Å². The van der Waals surface area contributed by atoms with Crippen molar-refractivity contribution in [1.82, 2.24) is 20.1 Å². The highest BCUT2D eigenvalue weighted by molar-refractivity contribution is 6.06. The second kappa shape index (κ2) is 7.68. The number of nitrogens with zero attached hydrogens (tertiary/aromatic N) is 2. The van der Waals surface area contributed by atoms with Gasteiger partial charge in [-0.05, 0) is 37.1 Å². The number of benzene rings is 2. The number of amides is 1. The SMILES string of the molecule is CN(CCCc1cc(-c2ccccc2)n[nH]1)C(=O)c1c[nH]c2cc(F)ccc12. The molecule has 0 bridgehead atoms. The predicted molar refractivity (Wildman–Crippen MR) is 108 cm³/mol. The molecule has 0 saturated carbocycles. The summed E-state index contributed by atoms with van der Waals surface area (Å²) < 4.78 is 13.3. The molecule has 5 nitrogen and oxygen atoms in total. The van der Waals surface area contributed by atoms with Crippen LogP contribution in [0.3, 0.4) is 0 Å². The second-order valence-electron chi connectivity index (χ2n) is 6.87. The number of halogens is 1. The first-order valence-electron chi connectivity index (χ1n) is 9.23. The van der Waals surface area contributed by atoms with Crippen molar-refractivity contribution in [3.8, 4) is 11.3 Å². The van der Waals surface area contributed by atoms with E-state index >= 15 is 0 Å². The minimum absolute atomic E-state index is 0.0764. The van der Waals surface area contributed by atoms with Crippen LogP contribution in [-0.2, 0) is 6.42 Å². The Hall–Kier alpha value is -3.41. The number of aromatic amines is 2. The molecule has 0 saturated heterocycles. The molecule has 6 heteroatoms. The number of hydrogen-bond donors (Lipinski definition) is 2. The van der Waals surface area contributed by atoms with Crippen LogP contribution in [0.4, 0.5) is 4.39 Å². The summed E-state index contributed by atoms with van der Waals surface area (Å²) in [6, 6.07) is 16.5. The van der Waals surface area contributed by atoms with E-state index in [1.165, 1.54) is 12.1 Å². The van der Waals surface area contributed by atoms with E-state index in [0.717, 1.165) is 35.2 Å². The van der Waals surface area contributed by atoms with Crippen LogP contribution in [0.1, 0.15) is 22.5 Å². The number of carbonyl (C=O) groups is 1. The lowest BCUT2D eigenvalue weighted by Crippen LogP contribution is -2.27. The number of aryl methyl sites for hydroxylation is 1. The van der Waals surface area contributed by atoms with Gasteiger partial charge in [0, 0.05) is 41.9 Å². The fourth-order valence-corrected chi connectivity index (χ4v) is 3.34. The molecule has 0 radical (unpaired) electrons. The Labute approximate surface area is 162 Å². The fourth-order valence-electron chi connectivity index (χ4n) is 3.34. The van der Waals surface area contributed by atoms with Crippen molar-refractivity contribution in [3.05, 3.63) is 77.9 Å². The van der Waals surface area contributed by atoms with Crippen LogP contribution in [0, 0.1) is 5.82 Å². The summed E-state index contributed by atoms with van der Waals surface area (Å²) in [5, 5.41) is 8.17. The summed E-state index contributed by atoms with van der Waals surface area (Å²) in [6.45, 7) is 0.617. The maximum atomic E-state index is 13.3. The molecule has 0 atom stereocenters. The van der Waals surface area contributed by atoms with E-state index in [9.17, 15) is 9.18 Å². The number of nitrogens with one attached hydrogen (secondary N) is 2. The molecule has 0 unspecified atom stereocenters. The Bertz CT molecular complexity index is 1100. The van der Waals surface area contributed by atoms with E-state index < -0.39 is 0 Å². The number of aromatic nitrogens is 3. The van der Waals surface area contributed by atoms with Crippen molar-refractivity contribution in [2.75, 3.05) is 13.6 Å². The van der Waals surface area contributed by atoms with Crippen molar-refractivity contribution >= 4 is 16.8 Å². The van der Waals surface area contributed by atoms with Gasteiger partial charge in [0.25, 0.3) is 5.91 Å². The summed E-state index contributed by atoms with van der Waals surface area (Å²) in [5.41, 5.74) is 4.23. The van der Waals surface area contributed by atoms with E-state index in [1.54, 1.807) is 24.2 Å². The van der Waals surface area contributed by atoms with E-state index in [1.807, 2.05) is 36.4 Å². The highest BCUT2D eigenvalue weighted by atomic mass is 19.1. The molecular weight excluding hydrogens is 355 g/mol. The van der Waals surface area contributed by atoms with Gasteiger partial charge in [-0.1, -0.05) is 30.3 Å². The number of rotatable bonds is 6. The van der Waals surface area contributed by atoms with Crippen LogP contribution < -0.4 is 0 Å². The number of H-pyrrole nitrogens is 2. The first kappa shape index (κ1) is 18.0. The quantitative estimate of drug-likeness (QED) is 0.524. The molecule has 2 aromatic heterocycles. The molecule has 0 aliphatic carbocycles. The summed E-state index contributed by atoms with van der Waals surface area (Å²) in [4.78, 5) is 17.4. The van der Waals surface area contributed by atoms with Crippen LogP contribution in [-0.4, -0.2) is 39.6 Å². The Kier molecular flexibility index (Phi) is 4.93. The van der Waals surface area contributed by atoms with Gasteiger partial charge in [-0.15, -0.1) is 0 Å². The van der Waals surface area contributed by atoms with Crippen LogP contribution in [0.2, 0.25) is 0 Å². The molecule has 0 spiro atoms. The van der Waals surface area contributed by atoms with Gasteiger partial charge in [-0.2, -0.15) is 5.10 Å². The predicted octanol–water partition coefficient (Wildman–Crippen LogP) is 4.40. The molecule has 142 valence electrons. The zero-order valence-electron chi connectivity index (χ0n) is 15.6. The molecule has 1 amide bonds. The second-order valence-corrected chi connectivity index (χ2v) is 6.87. The summed E-state index contributed by atoms with van der Waals surface area (Å²) in [7, 11) is 1.78. The zero-order chi connectivity index (χ0) is 19.5.